The Labute approximate surface area is 94.0 Å². The van der Waals surface area contributed by atoms with Crippen LogP contribution in [0.1, 0.15) is 43.6 Å². The van der Waals surface area contributed by atoms with Gasteiger partial charge in [-0.3, -0.25) is 0 Å². The largest absolute Gasteiger partial charge is 0.145 e. The molecule has 0 N–H and O–H groups in total. The molecule has 0 unspecified atom stereocenters. The van der Waals surface area contributed by atoms with Gasteiger partial charge in [0.2, 0.25) is 0 Å². The summed E-state index contributed by atoms with van der Waals surface area (Å²) in [6.45, 7) is 0. The van der Waals surface area contributed by atoms with Crippen LogP contribution >= 0.6 is 0 Å². The molecular formula is C12H14N2O2. The SMILES string of the molecule is O=Nc1cccc(C2CCCCC2)c1N=O. The second-order valence-corrected chi connectivity index (χ2v) is 4.23. The van der Waals surface area contributed by atoms with E-state index in [1.807, 2.05) is 6.07 Å². The molecule has 0 saturated heterocycles. The first-order chi connectivity index (χ1) is 7.86. The van der Waals surface area contributed by atoms with E-state index in [0.29, 0.717) is 5.92 Å². The predicted octanol–water partition coefficient (Wildman–Crippen LogP) is 4.53. The van der Waals surface area contributed by atoms with Gasteiger partial charge in [-0.1, -0.05) is 31.4 Å². The first-order valence-corrected chi connectivity index (χ1v) is 5.66. The number of nitroso groups, excluding NO2 is 2. The Morgan fingerprint density at radius 3 is 2.38 bits per heavy atom. The van der Waals surface area contributed by atoms with Crippen LogP contribution in [-0.2, 0) is 0 Å². The van der Waals surface area contributed by atoms with Crippen LogP contribution in [-0.4, -0.2) is 0 Å². The third-order valence-electron chi connectivity index (χ3n) is 3.28. The zero-order valence-corrected chi connectivity index (χ0v) is 9.06. The van der Waals surface area contributed by atoms with Crippen molar-refractivity contribution < 1.29 is 0 Å². The molecule has 2 rings (SSSR count). The van der Waals surface area contributed by atoms with E-state index in [1.54, 1.807) is 6.07 Å². The Bertz CT molecular complexity index is 398. The molecule has 4 nitrogen and oxygen atoms in total. The summed E-state index contributed by atoms with van der Waals surface area (Å²) in [4.78, 5) is 21.4. The van der Waals surface area contributed by atoms with Crippen molar-refractivity contribution in [1.82, 2.24) is 0 Å². The van der Waals surface area contributed by atoms with Crippen molar-refractivity contribution in [2.24, 2.45) is 10.4 Å². The van der Waals surface area contributed by atoms with E-state index >= 15 is 0 Å². The summed E-state index contributed by atoms with van der Waals surface area (Å²) in [5, 5.41) is 5.83. The summed E-state index contributed by atoms with van der Waals surface area (Å²) in [5.41, 5.74) is 1.30. The van der Waals surface area contributed by atoms with Crippen LogP contribution in [0.2, 0.25) is 0 Å². The van der Waals surface area contributed by atoms with Gasteiger partial charge in [0, 0.05) is 0 Å². The molecule has 0 spiro atoms. The average Bonchev–Trinajstić information content (AvgIpc) is 2.38. The molecule has 0 amide bonds. The Morgan fingerprint density at radius 2 is 1.75 bits per heavy atom. The van der Waals surface area contributed by atoms with Crippen LogP contribution < -0.4 is 0 Å². The van der Waals surface area contributed by atoms with Crippen molar-refractivity contribution in [2.75, 3.05) is 0 Å². The van der Waals surface area contributed by atoms with Gasteiger partial charge < -0.3 is 0 Å². The van der Waals surface area contributed by atoms with Crippen molar-refractivity contribution in [3.8, 4) is 0 Å². The fourth-order valence-electron chi connectivity index (χ4n) is 2.46. The van der Waals surface area contributed by atoms with Gasteiger partial charge in [-0.25, -0.2) is 0 Å². The summed E-state index contributed by atoms with van der Waals surface area (Å²) in [6, 6.07) is 5.20. The summed E-state index contributed by atoms with van der Waals surface area (Å²) in [7, 11) is 0. The highest BCUT2D eigenvalue weighted by Gasteiger charge is 2.20. The molecule has 1 aliphatic carbocycles. The summed E-state index contributed by atoms with van der Waals surface area (Å²) in [6.07, 6.45) is 5.77. The third-order valence-corrected chi connectivity index (χ3v) is 3.28. The molecule has 0 aromatic heterocycles. The van der Waals surface area contributed by atoms with Crippen LogP contribution in [0, 0.1) is 9.81 Å². The molecule has 1 saturated carbocycles. The third kappa shape index (κ3) is 2.01. The second kappa shape index (κ2) is 4.96. The molecule has 0 radical (unpaired) electrons. The number of hydrogen-bond donors (Lipinski definition) is 0. The highest BCUT2D eigenvalue weighted by Crippen LogP contribution is 2.41. The minimum atomic E-state index is 0.165. The highest BCUT2D eigenvalue weighted by atomic mass is 16.3. The van der Waals surface area contributed by atoms with Gasteiger partial charge >= 0.3 is 0 Å². The normalized spacial score (nSPS) is 17.0. The fourth-order valence-corrected chi connectivity index (χ4v) is 2.46. The van der Waals surface area contributed by atoms with Gasteiger partial charge in [-0.2, -0.15) is 0 Å². The summed E-state index contributed by atoms with van der Waals surface area (Å²) in [5.74, 6) is 0.364. The van der Waals surface area contributed by atoms with Gasteiger partial charge in [0.05, 0.1) is 0 Å². The van der Waals surface area contributed by atoms with Crippen molar-refractivity contribution in [2.45, 2.75) is 38.0 Å². The van der Waals surface area contributed by atoms with Crippen LogP contribution in [0.3, 0.4) is 0 Å². The molecule has 1 aromatic carbocycles. The summed E-state index contributed by atoms with van der Waals surface area (Å²) >= 11 is 0. The predicted molar refractivity (Wildman–Crippen MR) is 63.2 cm³/mol. The Kier molecular flexibility index (Phi) is 3.39. The van der Waals surface area contributed by atoms with E-state index in [-0.39, 0.29) is 11.4 Å². The van der Waals surface area contributed by atoms with E-state index in [4.69, 9.17) is 0 Å². The van der Waals surface area contributed by atoms with Crippen molar-refractivity contribution in [3.63, 3.8) is 0 Å². The molecule has 1 fully saturated rings. The second-order valence-electron chi connectivity index (χ2n) is 4.23. The number of rotatable bonds is 3. The van der Waals surface area contributed by atoms with Crippen molar-refractivity contribution in [1.29, 1.82) is 0 Å². The number of hydrogen-bond acceptors (Lipinski definition) is 4. The van der Waals surface area contributed by atoms with E-state index < -0.39 is 0 Å². The quantitative estimate of drug-likeness (QED) is 0.699. The lowest BCUT2D eigenvalue weighted by Crippen LogP contribution is -2.04. The molecule has 1 aliphatic rings. The first kappa shape index (κ1) is 10.9. The van der Waals surface area contributed by atoms with Crippen LogP contribution in [0.25, 0.3) is 0 Å². The molecular weight excluding hydrogens is 204 g/mol. The van der Waals surface area contributed by atoms with Crippen LogP contribution in [0.5, 0.6) is 0 Å². The molecule has 1 aromatic rings. The maximum atomic E-state index is 10.8. The van der Waals surface area contributed by atoms with E-state index in [2.05, 4.69) is 10.4 Å². The van der Waals surface area contributed by atoms with E-state index in [0.717, 1.165) is 18.4 Å². The lowest BCUT2D eigenvalue weighted by atomic mass is 9.83. The van der Waals surface area contributed by atoms with E-state index in [9.17, 15) is 9.81 Å². The molecule has 84 valence electrons. The molecule has 0 aliphatic heterocycles. The molecule has 16 heavy (non-hydrogen) atoms. The monoisotopic (exact) mass is 218 g/mol. The zero-order chi connectivity index (χ0) is 11.4. The topological polar surface area (TPSA) is 58.9 Å². The van der Waals surface area contributed by atoms with E-state index in [1.165, 1.54) is 25.3 Å². The highest BCUT2D eigenvalue weighted by molar-refractivity contribution is 5.66. The molecule has 0 heterocycles. The van der Waals surface area contributed by atoms with Gasteiger partial charge in [-0.15, -0.1) is 9.81 Å². The number of benzene rings is 1. The Balaban J connectivity index is 2.38. The van der Waals surface area contributed by atoms with Crippen molar-refractivity contribution in [3.05, 3.63) is 33.6 Å². The molecule has 0 atom stereocenters. The Hall–Kier alpha value is -1.58. The van der Waals surface area contributed by atoms with Crippen molar-refractivity contribution >= 4 is 11.4 Å². The summed E-state index contributed by atoms with van der Waals surface area (Å²) < 4.78 is 0. The van der Waals surface area contributed by atoms with Crippen LogP contribution in [0.15, 0.2) is 28.6 Å². The lowest BCUT2D eigenvalue weighted by molar-refractivity contribution is 0.444. The smallest absolute Gasteiger partial charge is 0.140 e. The fraction of sp³-hybridized carbons (Fsp3) is 0.500. The van der Waals surface area contributed by atoms with Gasteiger partial charge in [-0.05, 0) is 40.7 Å². The van der Waals surface area contributed by atoms with Gasteiger partial charge in [0.1, 0.15) is 11.4 Å². The number of nitrogens with zero attached hydrogens (tertiary/aromatic N) is 2. The minimum Gasteiger partial charge on any atom is -0.145 e. The zero-order valence-electron chi connectivity index (χ0n) is 9.06. The maximum absolute atomic E-state index is 10.8. The first-order valence-electron chi connectivity index (χ1n) is 5.66. The minimum absolute atomic E-state index is 0.165. The maximum Gasteiger partial charge on any atom is 0.140 e. The average molecular weight is 218 g/mol. The standard InChI is InChI=1S/C12H14N2O2/c15-13-11-8-4-7-10(12(11)14-16)9-5-2-1-3-6-9/h4,7-9H,1-3,5-6H2. The van der Waals surface area contributed by atoms with Crippen LogP contribution in [0.4, 0.5) is 11.4 Å². The Morgan fingerprint density at radius 1 is 1.00 bits per heavy atom. The van der Waals surface area contributed by atoms with Gasteiger partial charge in [0.15, 0.2) is 0 Å². The molecule has 4 heteroatoms. The van der Waals surface area contributed by atoms with Gasteiger partial charge in [0.25, 0.3) is 0 Å². The molecule has 0 bridgehead atoms. The lowest BCUT2D eigenvalue weighted by Gasteiger charge is -2.22.